The lowest BCUT2D eigenvalue weighted by Crippen LogP contribution is -2.38. The quantitative estimate of drug-likeness (QED) is 0.810. The predicted molar refractivity (Wildman–Crippen MR) is 74.0 cm³/mol. The lowest BCUT2D eigenvalue weighted by molar-refractivity contribution is -0.137. The summed E-state index contributed by atoms with van der Waals surface area (Å²) in [7, 11) is -3.56. The van der Waals surface area contributed by atoms with E-state index in [2.05, 4.69) is 9.82 Å². The van der Waals surface area contributed by atoms with Crippen LogP contribution in [0.3, 0.4) is 0 Å². The second-order valence-electron chi connectivity index (χ2n) is 5.99. The van der Waals surface area contributed by atoms with Crippen LogP contribution in [0.15, 0.2) is 17.3 Å². The molecule has 0 amide bonds. The minimum Gasteiger partial charge on any atom is -0.481 e. The molecule has 7 nitrogen and oxygen atoms in total. The van der Waals surface area contributed by atoms with Crippen molar-refractivity contribution in [1.29, 1.82) is 0 Å². The lowest BCUT2D eigenvalue weighted by atomic mass is 9.96. The van der Waals surface area contributed by atoms with Gasteiger partial charge in [0.15, 0.2) is 0 Å². The monoisotopic (exact) mass is 313 g/mol. The maximum atomic E-state index is 12.3. The molecule has 3 rings (SSSR count). The average Bonchev–Trinajstić information content (AvgIpc) is 3.12. The summed E-state index contributed by atoms with van der Waals surface area (Å²) in [5, 5.41) is 12.5. The van der Waals surface area contributed by atoms with E-state index in [1.807, 2.05) is 0 Å². The van der Waals surface area contributed by atoms with Crippen molar-refractivity contribution in [3.63, 3.8) is 0 Å². The summed E-state index contributed by atoms with van der Waals surface area (Å²) in [4.78, 5) is 10.6. The fraction of sp³-hybridized carbons (Fsp3) is 0.692. The number of aromatic nitrogens is 2. The molecule has 0 spiro atoms. The second kappa shape index (κ2) is 5.42. The van der Waals surface area contributed by atoms with E-state index >= 15 is 0 Å². The molecule has 1 aromatic rings. The molecule has 0 aromatic carbocycles. The highest BCUT2D eigenvalue weighted by Gasteiger charge is 2.41. The lowest BCUT2D eigenvalue weighted by Gasteiger charge is -2.22. The first-order valence-electron chi connectivity index (χ1n) is 7.20. The van der Waals surface area contributed by atoms with Crippen molar-refractivity contribution in [2.24, 2.45) is 11.8 Å². The molecule has 1 aromatic heterocycles. The van der Waals surface area contributed by atoms with Gasteiger partial charge in [0.2, 0.25) is 10.0 Å². The molecule has 116 valence electrons. The first-order chi connectivity index (χ1) is 9.94. The highest BCUT2D eigenvalue weighted by molar-refractivity contribution is 7.89. The van der Waals surface area contributed by atoms with Gasteiger partial charge in [0.1, 0.15) is 4.90 Å². The maximum absolute atomic E-state index is 12.3. The van der Waals surface area contributed by atoms with Crippen LogP contribution >= 0.6 is 0 Å². The van der Waals surface area contributed by atoms with Crippen LogP contribution in [0.25, 0.3) is 0 Å². The molecule has 2 aliphatic rings. The largest absolute Gasteiger partial charge is 0.481 e. The van der Waals surface area contributed by atoms with Gasteiger partial charge in [-0.3, -0.25) is 9.48 Å². The van der Waals surface area contributed by atoms with Crippen molar-refractivity contribution in [2.45, 2.75) is 49.6 Å². The van der Waals surface area contributed by atoms with Crippen LogP contribution in [-0.2, 0) is 21.4 Å². The van der Waals surface area contributed by atoms with Gasteiger partial charge in [0, 0.05) is 12.2 Å². The van der Waals surface area contributed by atoms with E-state index in [9.17, 15) is 13.2 Å². The van der Waals surface area contributed by atoms with Crippen LogP contribution in [0, 0.1) is 11.8 Å². The number of carboxylic acids is 1. The predicted octanol–water partition coefficient (Wildman–Crippen LogP) is 0.825. The molecule has 8 heteroatoms. The van der Waals surface area contributed by atoms with Gasteiger partial charge in [-0.15, -0.1) is 0 Å². The normalized spacial score (nSPS) is 28.1. The van der Waals surface area contributed by atoms with E-state index in [0.29, 0.717) is 11.8 Å². The van der Waals surface area contributed by atoms with Gasteiger partial charge < -0.3 is 5.11 Å². The Labute approximate surface area is 123 Å². The number of carbonyl (C=O) groups is 1. The van der Waals surface area contributed by atoms with Gasteiger partial charge in [-0.2, -0.15) is 5.10 Å². The van der Waals surface area contributed by atoms with Crippen molar-refractivity contribution in [2.75, 3.05) is 0 Å². The maximum Gasteiger partial charge on any atom is 0.305 e. The number of rotatable bonds is 6. The van der Waals surface area contributed by atoms with Crippen LogP contribution in [0.1, 0.15) is 32.1 Å². The number of carboxylic acid groups (broad SMARTS) is 1. The summed E-state index contributed by atoms with van der Waals surface area (Å²) in [5.74, 6) is 0.197. The van der Waals surface area contributed by atoms with Crippen LogP contribution < -0.4 is 4.72 Å². The molecule has 2 bridgehead atoms. The van der Waals surface area contributed by atoms with Crippen LogP contribution in [0.5, 0.6) is 0 Å². The van der Waals surface area contributed by atoms with Crippen molar-refractivity contribution >= 4 is 16.0 Å². The molecular weight excluding hydrogens is 294 g/mol. The average molecular weight is 313 g/mol. The molecule has 0 saturated heterocycles. The topological polar surface area (TPSA) is 101 Å². The van der Waals surface area contributed by atoms with Crippen molar-refractivity contribution in [3.05, 3.63) is 12.4 Å². The van der Waals surface area contributed by atoms with E-state index in [1.54, 1.807) is 0 Å². The molecule has 21 heavy (non-hydrogen) atoms. The molecule has 2 aliphatic carbocycles. The fourth-order valence-corrected chi connectivity index (χ4v) is 4.74. The highest BCUT2D eigenvalue weighted by Crippen LogP contribution is 2.44. The molecular formula is C13H19N3O4S. The molecule has 2 saturated carbocycles. The van der Waals surface area contributed by atoms with Gasteiger partial charge >= 0.3 is 5.97 Å². The number of fused-ring (bicyclic) bond motifs is 2. The highest BCUT2D eigenvalue weighted by atomic mass is 32.2. The molecule has 0 radical (unpaired) electrons. The van der Waals surface area contributed by atoms with E-state index < -0.39 is 16.0 Å². The molecule has 3 unspecified atom stereocenters. The van der Waals surface area contributed by atoms with E-state index in [0.717, 1.165) is 19.3 Å². The summed E-state index contributed by atoms with van der Waals surface area (Å²) in [5.41, 5.74) is 0. The number of hydrogen-bond donors (Lipinski definition) is 2. The van der Waals surface area contributed by atoms with Gasteiger partial charge in [-0.25, -0.2) is 13.1 Å². The summed E-state index contributed by atoms with van der Waals surface area (Å²) in [6, 6.07) is 0.0381. The summed E-state index contributed by atoms with van der Waals surface area (Å²) in [6.45, 7) is 0.166. The SMILES string of the molecule is O=C(O)CCn1cc(S(=O)(=O)NC2CC3CCC2C3)cn1. The first-order valence-corrected chi connectivity index (χ1v) is 8.69. The van der Waals surface area contributed by atoms with Gasteiger partial charge in [-0.1, -0.05) is 6.42 Å². The minimum absolute atomic E-state index is 0.0381. The Morgan fingerprint density at radius 2 is 2.24 bits per heavy atom. The van der Waals surface area contributed by atoms with E-state index in [-0.39, 0.29) is 23.9 Å². The fourth-order valence-electron chi connectivity index (χ4n) is 3.47. The Bertz CT molecular complexity index is 640. The summed E-state index contributed by atoms with van der Waals surface area (Å²) in [6.07, 6.45) is 6.96. The number of nitrogens with one attached hydrogen (secondary N) is 1. The molecule has 1 heterocycles. The van der Waals surface area contributed by atoms with Crippen molar-refractivity contribution < 1.29 is 18.3 Å². The molecule has 2 fully saturated rings. The number of aliphatic carboxylic acids is 1. The molecule has 3 atom stereocenters. The summed E-state index contributed by atoms with van der Waals surface area (Å²) < 4.78 is 28.8. The minimum atomic E-state index is -3.56. The van der Waals surface area contributed by atoms with Crippen LogP contribution in [0.2, 0.25) is 0 Å². The van der Waals surface area contributed by atoms with Gasteiger partial charge in [-0.05, 0) is 31.1 Å². The Morgan fingerprint density at radius 3 is 2.86 bits per heavy atom. The smallest absolute Gasteiger partial charge is 0.305 e. The van der Waals surface area contributed by atoms with Gasteiger partial charge in [0.25, 0.3) is 0 Å². The zero-order chi connectivity index (χ0) is 15.0. The van der Waals surface area contributed by atoms with Gasteiger partial charge in [0.05, 0.1) is 19.2 Å². The third kappa shape index (κ3) is 3.11. The number of nitrogens with zero attached hydrogens (tertiary/aromatic N) is 2. The molecule has 2 N–H and O–H groups in total. The third-order valence-corrected chi connectivity index (χ3v) is 5.96. The zero-order valence-electron chi connectivity index (χ0n) is 11.6. The third-order valence-electron chi connectivity index (χ3n) is 4.52. The number of hydrogen-bond acceptors (Lipinski definition) is 4. The Hall–Kier alpha value is -1.41. The Morgan fingerprint density at radius 1 is 1.43 bits per heavy atom. The van der Waals surface area contributed by atoms with Crippen molar-refractivity contribution in [3.8, 4) is 0 Å². The van der Waals surface area contributed by atoms with Crippen molar-refractivity contribution in [1.82, 2.24) is 14.5 Å². The molecule has 0 aliphatic heterocycles. The van der Waals surface area contributed by atoms with Crippen LogP contribution in [0.4, 0.5) is 0 Å². The Kier molecular flexibility index (Phi) is 3.75. The van der Waals surface area contributed by atoms with E-state index in [1.165, 1.54) is 23.5 Å². The second-order valence-corrected chi connectivity index (χ2v) is 7.70. The van der Waals surface area contributed by atoms with E-state index in [4.69, 9.17) is 5.11 Å². The number of aryl methyl sites for hydroxylation is 1. The first kappa shape index (κ1) is 14.5. The summed E-state index contributed by atoms with van der Waals surface area (Å²) >= 11 is 0. The number of sulfonamides is 1. The van der Waals surface area contributed by atoms with Crippen LogP contribution in [-0.4, -0.2) is 35.3 Å². The zero-order valence-corrected chi connectivity index (χ0v) is 12.4. The Balaban J connectivity index is 1.66. The standard InChI is InChI=1S/C13H19N3O4S/c17-13(18)3-4-16-8-11(7-14-16)21(19,20)15-12-6-9-1-2-10(12)5-9/h7-10,12,15H,1-6H2,(H,17,18).